The van der Waals surface area contributed by atoms with Gasteiger partial charge in [-0.15, -0.1) is 0 Å². The predicted molar refractivity (Wildman–Crippen MR) is 84.0 cm³/mol. The summed E-state index contributed by atoms with van der Waals surface area (Å²) in [5.74, 6) is 13.1. The van der Waals surface area contributed by atoms with Gasteiger partial charge in [-0.2, -0.15) is 0 Å². The molecule has 0 amide bonds. The van der Waals surface area contributed by atoms with Crippen LogP contribution in [-0.4, -0.2) is 0 Å². The topological polar surface area (TPSA) is 0 Å². The van der Waals surface area contributed by atoms with Crippen LogP contribution in [0.15, 0.2) is 18.2 Å². The summed E-state index contributed by atoms with van der Waals surface area (Å²) < 4.78 is 0. The van der Waals surface area contributed by atoms with Crippen molar-refractivity contribution in [3.8, 4) is 23.7 Å². The van der Waals surface area contributed by atoms with Crippen molar-refractivity contribution in [1.29, 1.82) is 0 Å². The summed E-state index contributed by atoms with van der Waals surface area (Å²) in [4.78, 5) is 0. The van der Waals surface area contributed by atoms with Gasteiger partial charge < -0.3 is 0 Å². The molecule has 0 aliphatic rings. The molecule has 100 valence electrons. The summed E-state index contributed by atoms with van der Waals surface area (Å²) in [7, 11) is 0. The minimum Gasteiger partial charge on any atom is -0.0978 e. The van der Waals surface area contributed by atoms with Crippen LogP contribution in [0.25, 0.3) is 0 Å². The van der Waals surface area contributed by atoms with Crippen LogP contribution in [-0.2, 0) is 0 Å². The first-order valence-corrected chi connectivity index (χ1v) is 7.37. The van der Waals surface area contributed by atoms with E-state index in [0.29, 0.717) is 0 Å². The molecule has 0 nitrogen and oxygen atoms in total. The Morgan fingerprint density at radius 2 is 1.53 bits per heavy atom. The van der Waals surface area contributed by atoms with Crippen molar-refractivity contribution >= 4 is 0 Å². The zero-order valence-electron chi connectivity index (χ0n) is 12.5. The lowest BCUT2D eigenvalue weighted by Gasteiger charge is -2.01. The first-order chi connectivity index (χ1) is 9.29. The molecule has 0 spiro atoms. The maximum Gasteiger partial charge on any atom is 0.0431 e. The highest BCUT2D eigenvalue weighted by molar-refractivity contribution is 5.53. The summed E-state index contributed by atoms with van der Waals surface area (Å²) in [5.41, 5.74) is 3.42. The third-order valence-corrected chi connectivity index (χ3v) is 3.02. The fourth-order valence-electron chi connectivity index (χ4n) is 1.78. The lowest BCUT2D eigenvalue weighted by atomic mass is 10.0. The summed E-state index contributed by atoms with van der Waals surface area (Å²) >= 11 is 0. The number of hydrogen-bond donors (Lipinski definition) is 0. The van der Waals surface area contributed by atoms with Gasteiger partial charge in [0.1, 0.15) is 0 Å². The smallest absolute Gasteiger partial charge is 0.0431 e. The Kier molecular flexibility index (Phi) is 7.53. The molecule has 0 heterocycles. The van der Waals surface area contributed by atoms with Crippen molar-refractivity contribution in [1.82, 2.24) is 0 Å². The van der Waals surface area contributed by atoms with Crippen molar-refractivity contribution in [2.45, 2.75) is 59.3 Å². The molecule has 1 rings (SSSR count). The molecule has 0 heteroatoms. The highest BCUT2D eigenvalue weighted by atomic mass is 14.0. The van der Waals surface area contributed by atoms with Crippen LogP contribution in [0.5, 0.6) is 0 Å². The molecule has 0 aliphatic carbocycles. The number of benzene rings is 1. The van der Waals surface area contributed by atoms with E-state index >= 15 is 0 Å². The van der Waals surface area contributed by atoms with E-state index in [-0.39, 0.29) is 0 Å². The van der Waals surface area contributed by atoms with Crippen molar-refractivity contribution in [2.24, 2.45) is 0 Å². The molecule has 0 aromatic heterocycles. The van der Waals surface area contributed by atoms with E-state index in [2.05, 4.69) is 62.7 Å². The number of hydrogen-bond acceptors (Lipinski definition) is 0. The molecular weight excluding hydrogens is 228 g/mol. The first-order valence-electron chi connectivity index (χ1n) is 7.37. The highest BCUT2D eigenvalue weighted by Crippen LogP contribution is 2.12. The average molecular weight is 252 g/mol. The number of aryl methyl sites for hydroxylation is 1. The second kappa shape index (κ2) is 9.29. The van der Waals surface area contributed by atoms with E-state index in [0.717, 1.165) is 24.0 Å². The molecule has 0 saturated heterocycles. The monoisotopic (exact) mass is 252 g/mol. The lowest BCUT2D eigenvalue weighted by Crippen LogP contribution is -1.88. The number of rotatable bonds is 4. The van der Waals surface area contributed by atoms with Crippen molar-refractivity contribution in [3.63, 3.8) is 0 Å². The van der Waals surface area contributed by atoms with Crippen LogP contribution in [0.2, 0.25) is 0 Å². The Labute approximate surface area is 118 Å². The SMILES string of the molecule is CCCCC#Cc1cccc(C)c1C#CCCCC. The third kappa shape index (κ3) is 5.67. The van der Waals surface area contributed by atoms with Gasteiger partial charge in [0.15, 0.2) is 0 Å². The first kappa shape index (κ1) is 15.4. The third-order valence-electron chi connectivity index (χ3n) is 3.02. The minimum atomic E-state index is 0.979. The molecule has 0 N–H and O–H groups in total. The Bertz CT molecular complexity index is 500. The normalized spacial score (nSPS) is 9.21. The molecule has 0 bridgehead atoms. The van der Waals surface area contributed by atoms with Gasteiger partial charge in [-0.1, -0.05) is 62.5 Å². The van der Waals surface area contributed by atoms with Crippen LogP contribution in [0, 0.1) is 30.6 Å². The van der Waals surface area contributed by atoms with Crippen molar-refractivity contribution in [3.05, 3.63) is 34.9 Å². The van der Waals surface area contributed by atoms with E-state index in [9.17, 15) is 0 Å². The molecule has 0 aliphatic heterocycles. The second-order valence-electron chi connectivity index (χ2n) is 4.81. The number of unbranched alkanes of at least 4 members (excludes halogenated alkanes) is 4. The van der Waals surface area contributed by atoms with Gasteiger partial charge in [0.2, 0.25) is 0 Å². The van der Waals surface area contributed by atoms with E-state index in [1.165, 1.54) is 31.2 Å². The van der Waals surface area contributed by atoms with Gasteiger partial charge in [0.05, 0.1) is 0 Å². The molecule has 0 radical (unpaired) electrons. The van der Waals surface area contributed by atoms with Gasteiger partial charge in [-0.3, -0.25) is 0 Å². The van der Waals surface area contributed by atoms with E-state index < -0.39 is 0 Å². The van der Waals surface area contributed by atoms with Crippen LogP contribution >= 0.6 is 0 Å². The molecule has 1 aromatic rings. The molecule has 0 unspecified atom stereocenters. The Morgan fingerprint density at radius 1 is 0.895 bits per heavy atom. The lowest BCUT2D eigenvalue weighted by molar-refractivity contribution is 0.828. The van der Waals surface area contributed by atoms with E-state index in [1.54, 1.807) is 0 Å². The van der Waals surface area contributed by atoms with Gasteiger partial charge in [-0.25, -0.2) is 0 Å². The fraction of sp³-hybridized carbons (Fsp3) is 0.474. The van der Waals surface area contributed by atoms with Crippen LogP contribution in [0.3, 0.4) is 0 Å². The summed E-state index contributed by atoms with van der Waals surface area (Å²) in [5, 5.41) is 0. The van der Waals surface area contributed by atoms with Gasteiger partial charge >= 0.3 is 0 Å². The van der Waals surface area contributed by atoms with E-state index in [4.69, 9.17) is 0 Å². The Hall–Kier alpha value is -1.66. The minimum absolute atomic E-state index is 0.979. The molecule has 19 heavy (non-hydrogen) atoms. The zero-order valence-corrected chi connectivity index (χ0v) is 12.5. The molecular formula is C19H24. The standard InChI is InChI=1S/C19H24/c1-4-6-8-10-14-18-15-12-13-17(3)19(18)16-11-9-7-5-2/h12-13,15H,4-9H2,1-3H3. The Morgan fingerprint density at radius 3 is 2.16 bits per heavy atom. The second-order valence-corrected chi connectivity index (χ2v) is 4.81. The maximum absolute atomic E-state index is 3.30. The van der Waals surface area contributed by atoms with E-state index in [1.807, 2.05) is 0 Å². The summed E-state index contributed by atoms with van der Waals surface area (Å²) in [6, 6.07) is 6.26. The maximum atomic E-state index is 3.30. The van der Waals surface area contributed by atoms with Gasteiger partial charge in [-0.05, 0) is 31.4 Å². The van der Waals surface area contributed by atoms with Crippen molar-refractivity contribution in [2.75, 3.05) is 0 Å². The average Bonchev–Trinajstić information content (AvgIpc) is 2.42. The van der Waals surface area contributed by atoms with Gasteiger partial charge in [0.25, 0.3) is 0 Å². The van der Waals surface area contributed by atoms with Crippen LogP contribution in [0.1, 0.15) is 69.1 Å². The zero-order chi connectivity index (χ0) is 13.9. The van der Waals surface area contributed by atoms with Gasteiger partial charge in [0, 0.05) is 24.0 Å². The summed E-state index contributed by atoms with van der Waals surface area (Å²) in [6.45, 7) is 6.50. The largest absolute Gasteiger partial charge is 0.0978 e. The predicted octanol–water partition coefficient (Wildman–Crippen LogP) is 5.08. The Balaban J connectivity index is 2.87. The quantitative estimate of drug-likeness (QED) is 0.518. The summed E-state index contributed by atoms with van der Waals surface area (Å²) in [6.07, 6.45) is 6.71. The van der Waals surface area contributed by atoms with Crippen molar-refractivity contribution < 1.29 is 0 Å². The highest BCUT2D eigenvalue weighted by Gasteiger charge is 1.99. The molecule has 0 saturated carbocycles. The molecule has 0 atom stereocenters. The molecule has 1 aromatic carbocycles. The van der Waals surface area contributed by atoms with Crippen LogP contribution in [0.4, 0.5) is 0 Å². The molecule has 0 fully saturated rings. The fourth-order valence-corrected chi connectivity index (χ4v) is 1.78. The van der Waals surface area contributed by atoms with Crippen LogP contribution < -0.4 is 0 Å².